The van der Waals surface area contributed by atoms with Crippen LogP contribution in [0.2, 0.25) is 0 Å². The molecule has 0 bridgehead atoms. The smallest absolute Gasteiger partial charge is 0.409 e. The summed E-state index contributed by atoms with van der Waals surface area (Å²) in [4.78, 5) is 36.2. The number of benzene rings is 1. The average Bonchev–Trinajstić information content (AvgIpc) is 2.52. The van der Waals surface area contributed by atoms with E-state index in [1.54, 1.807) is 27.7 Å². The summed E-state index contributed by atoms with van der Waals surface area (Å²) in [6, 6.07) is 8.49. The van der Waals surface area contributed by atoms with E-state index in [0.717, 1.165) is 5.56 Å². The van der Waals surface area contributed by atoms with Crippen LogP contribution in [0.5, 0.6) is 0 Å². The Morgan fingerprint density at radius 2 is 1.41 bits per heavy atom. The summed E-state index contributed by atoms with van der Waals surface area (Å²) in [5, 5.41) is 13.3. The fourth-order valence-electron chi connectivity index (χ4n) is 2.37. The van der Waals surface area contributed by atoms with E-state index in [4.69, 9.17) is 4.74 Å². The topological polar surface area (TPSA) is 121 Å². The zero-order valence-corrected chi connectivity index (χ0v) is 18.0. The first kappa shape index (κ1) is 24.1. The largest absolute Gasteiger partial charge is 0.444 e. The summed E-state index contributed by atoms with van der Waals surface area (Å²) in [6.45, 7) is 10.5. The maximum atomic E-state index is 12.3. The lowest BCUT2D eigenvalue weighted by molar-refractivity contribution is 0.0503. The van der Waals surface area contributed by atoms with E-state index in [9.17, 15) is 14.4 Å². The number of hydrogen-bond donors (Lipinski definition) is 5. The van der Waals surface area contributed by atoms with Gasteiger partial charge in [-0.3, -0.25) is 0 Å². The van der Waals surface area contributed by atoms with Crippen molar-refractivity contribution in [3.63, 3.8) is 0 Å². The molecule has 0 saturated carbocycles. The summed E-state index contributed by atoms with van der Waals surface area (Å²) in [6.07, 6.45) is -1.56. The Kier molecular flexibility index (Phi) is 9.24. The molecule has 9 heteroatoms. The van der Waals surface area contributed by atoms with Gasteiger partial charge in [-0.25, -0.2) is 14.4 Å². The maximum absolute atomic E-state index is 12.3. The van der Waals surface area contributed by atoms with E-state index in [0.29, 0.717) is 6.42 Å². The van der Waals surface area contributed by atoms with Gasteiger partial charge in [0.25, 0.3) is 0 Å². The molecule has 0 aliphatic heterocycles. The minimum atomic E-state index is -0.674. The van der Waals surface area contributed by atoms with Crippen LogP contribution in [0.3, 0.4) is 0 Å². The van der Waals surface area contributed by atoms with Crippen molar-refractivity contribution in [1.82, 2.24) is 26.6 Å². The van der Waals surface area contributed by atoms with Crippen LogP contribution in [0, 0.1) is 0 Å². The molecule has 29 heavy (non-hydrogen) atoms. The standard InChI is InChI=1S/C20H33N5O4/c1-13(2)21-17(26)24-16(12-15-10-8-7-9-11-15)25-18(27)22-14(3)23-19(28)29-20(4,5)6/h7-11,13-14,16H,12H2,1-6H3,(H,23,28)(H2,21,24,26)(H2,22,25,27)/t14-,16-/m0/s1. The molecule has 0 saturated heterocycles. The first-order valence-corrected chi connectivity index (χ1v) is 9.62. The monoisotopic (exact) mass is 407 g/mol. The average molecular weight is 408 g/mol. The fourth-order valence-corrected chi connectivity index (χ4v) is 2.37. The van der Waals surface area contributed by atoms with Gasteiger partial charge < -0.3 is 31.3 Å². The molecule has 1 aromatic rings. The first-order chi connectivity index (χ1) is 13.4. The van der Waals surface area contributed by atoms with Gasteiger partial charge in [0, 0.05) is 12.5 Å². The SMILES string of the molecule is CC(C)NC(=O)N[C@H](Cc1ccccc1)NC(=O)N[C@H](C)NC(=O)OC(C)(C)C. The minimum absolute atomic E-state index is 0.0424. The molecule has 0 heterocycles. The molecule has 5 N–H and O–H groups in total. The number of ether oxygens (including phenoxy) is 1. The quantitative estimate of drug-likeness (QED) is 0.446. The highest BCUT2D eigenvalue weighted by molar-refractivity contribution is 5.78. The zero-order chi connectivity index (χ0) is 22.0. The van der Waals surface area contributed by atoms with Crippen LogP contribution in [-0.4, -0.2) is 42.1 Å². The molecule has 1 rings (SSSR count). The van der Waals surface area contributed by atoms with Crippen LogP contribution < -0.4 is 26.6 Å². The number of nitrogens with one attached hydrogen (secondary N) is 5. The van der Waals surface area contributed by atoms with Crippen molar-refractivity contribution in [2.45, 2.75) is 71.9 Å². The normalized spacial score (nSPS) is 13.1. The molecule has 0 aliphatic carbocycles. The Morgan fingerprint density at radius 3 is 1.93 bits per heavy atom. The first-order valence-electron chi connectivity index (χ1n) is 9.62. The van der Waals surface area contributed by atoms with Crippen molar-refractivity contribution in [1.29, 1.82) is 0 Å². The second kappa shape index (κ2) is 11.1. The van der Waals surface area contributed by atoms with Crippen molar-refractivity contribution in [2.75, 3.05) is 0 Å². The third-order valence-corrected chi connectivity index (χ3v) is 3.39. The van der Waals surface area contributed by atoms with Crippen LogP contribution in [0.15, 0.2) is 30.3 Å². The summed E-state index contributed by atoms with van der Waals surface area (Å²) < 4.78 is 5.15. The highest BCUT2D eigenvalue weighted by atomic mass is 16.6. The molecule has 0 radical (unpaired) electrons. The molecule has 1 aromatic carbocycles. The number of carbonyl (C=O) groups excluding carboxylic acids is 3. The van der Waals surface area contributed by atoms with E-state index >= 15 is 0 Å². The molecule has 5 amide bonds. The highest BCUT2D eigenvalue weighted by Crippen LogP contribution is 2.06. The molecule has 2 atom stereocenters. The number of amides is 5. The maximum Gasteiger partial charge on any atom is 0.409 e. The number of carbonyl (C=O) groups is 3. The van der Waals surface area contributed by atoms with Gasteiger partial charge in [0.15, 0.2) is 0 Å². The third kappa shape index (κ3) is 11.5. The lowest BCUT2D eigenvalue weighted by atomic mass is 10.1. The summed E-state index contributed by atoms with van der Waals surface area (Å²) in [5.74, 6) is 0. The number of hydrogen-bond acceptors (Lipinski definition) is 4. The van der Waals surface area contributed by atoms with Crippen LogP contribution in [0.4, 0.5) is 14.4 Å². The van der Waals surface area contributed by atoms with Gasteiger partial charge in [0.2, 0.25) is 0 Å². The van der Waals surface area contributed by atoms with Crippen LogP contribution in [0.25, 0.3) is 0 Å². The van der Waals surface area contributed by atoms with E-state index in [1.807, 2.05) is 44.2 Å². The van der Waals surface area contributed by atoms with Crippen molar-refractivity contribution in [3.8, 4) is 0 Å². The molecular formula is C20H33N5O4. The van der Waals surface area contributed by atoms with Crippen molar-refractivity contribution in [2.24, 2.45) is 0 Å². The minimum Gasteiger partial charge on any atom is -0.444 e. The Bertz CT molecular complexity index is 673. The van der Waals surface area contributed by atoms with Crippen LogP contribution in [0.1, 0.15) is 47.1 Å². The predicted octanol–water partition coefficient (Wildman–Crippen LogP) is 2.43. The molecule has 0 aliphatic rings. The molecular weight excluding hydrogens is 374 g/mol. The lowest BCUT2D eigenvalue weighted by Gasteiger charge is -2.24. The van der Waals surface area contributed by atoms with Gasteiger partial charge in [0.1, 0.15) is 17.9 Å². The Hall–Kier alpha value is -2.97. The van der Waals surface area contributed by atoms with Crippen molar-refractivity contribution in [3.05, 3.63) is 35.9 Å². The molecule has 0 unspecified atom stereocenters. The van der Waals surface area contributed by atoms with Crippen LogP contribution in [-0.2, 0) is 11.2 Å². The Morgan fingerprint density at radius 1 is 0.862 bits per heavy atom. The van der Waals surface area contributed by atoms with Gasteiger partial charge in [-0.1, -0.05) is 30.3 Å². The van der Waals surface area contributed by atoms with Gasteiger partial charge in [0.05, 0.1) is 0 Å². The van der Waals surface area contributed by atoms with Gasteiger partial charge >= 0.3 is 18.2 Å². The number of urea groups is 2. The Labute approximate surface area is 172 Å². The zero-order valence-electron chi connectivity index (χ0n) is 18.0. The molecule has 9 nitrogen and oxygen atoms in total. The molecule has 0 spiro atoms. The molecule has 0 fully saturated rings. The summed E-state index contributed by atoms with van der Waals surface area (Å²) in [7, 11) is 0. The number of alkyl carbamates (subject to hydrolysis) is 1. The van der Waals surface area contributed by atoms with Gasteiger partial charge in [-0.05, 0) is 47.1 Å². The summed E-state index contributed by atoms with van der Waals surface area (Å²) >= 11 is 0. The van der Waals surface area contributed by atoms with Crippen molar-refractivity contribution >= 4 is 18.2 Å². The van der Waals surface area contributed by atoms with E-state index in [2.05, 4.69) is 26.6 Å². The van der Waals surface area contributed by atoms with E-state index in [-0.39, 0.29) is 12.1 Å². The molecule has 162 valence electrons. The summed E-state index contributed by atoms with van der Waals surface area (Å²) in [5.41, 5.74) is 0.308. The fraction of sp³-hybridized carbons (Fsp3) is 0.550. The predicted molar refractivity (Wildman–Crippen MR) is 111 cm³/mol. The van der Waals surface area contributed by atoms with Gasteiger partial charge in [-0.15, -0.1) is 0 Å². The second-order valence-corrected chi connectivity index (χ2v) is 8.00. The molecule has 0 aromatic heterocycles. The Balaban J connectivity index is 2.64. The van der Waals surface area contributed by atoms with E-state index < -0.39 is 30.1 Å². The number of rotatable bonds is 7. The van der Waals surface area contributed by atoms with E-state index in [1.165, 1.54) is 0 Å². The van der Waals surface area contributed by atoms with Crippen molar-refractivity contribution < 1.29 is 19.1 Å². The lowest BCUT2D eigenvalue weighted by Crippen LogP contribution is -2.58. The van der Waals surface area contributed by atoms with Crippen LogP contribution >= 0.6 is 0 Å². The third-order valence-electron chi connectivity index (χ3n) is 3.39. The second-order valence-electron chi connectivity index (χ2n) is 8.00. The highest BCUT2D eigenvalue weighted by Gasteiger charge is 2.20. The van der Waals surface area contributed by atoms with Gasteiger partial charge in [-0.2, -0.15) is 0 Å².